The van der Waals surface area contributed by atoms with E-state index in [1.165, 1.54) is 0 Å². The minimum atomic E-state index is -0.369. The lowest BCUT2D eigenvalue weighted by Crippen LogP contribution is -2.32. The number of rotatable bonds is 10. The Labute approximate surface area is 182 Å². The van der Waals surface area contributed by atoms with Gasteiger partial charge in [-0.25, -0.2) is 4.98 Å². The molecule has 1 heterocycles. The smallest absolute Gasteiger partial charge is 0.251 e. The molecular formula is C24H30N4O3. The molecule has 31 heavy (non-hydrogen) atoms. The highest BCUT2D eigenvalue weighted by Gasteiger charge is 2.20. The molecule has 3 aromatic rings. The third kappa shape index (κ3) is 5.92. The van der Waals surface area contributed by atoms with Crippen molar-refractivity contribution in [2.24, 2.45) is 0 Å². The molecule has 164 valence electrons. The molecule has 1 atom stereocenters. The van der Waals surface area contributed by atoms with E-state index in [1.807, 2.05) is 61.7 Å². The van der Waals surface area contributed by atoms with E-state index in [0.29, 0.717) is 31.1 Å². The Morgan fingerprint density at radius 1 is 1.13 bits per heavy atom. The SMILES string of the molecule is CCOCCCNC(=O)Cn1c(C(C)NC(=O)c2ccc(C)cc2)nc2ccccc21. The molecule has 7 heteroatoms. The van der Waals surface area contributed by atoms with Crippen molar-refractivity contribution >= 4 is 22.8 Å². The maximum absolute atomic E-state index is 12.7. The van der Waals surface area contributed by atoms with Gasteiger partial charge in [0.25, 0.3) is 5.91 Å². The van der Waals surface area contributed by atoms with E-state index >= 15 is 0 Å². The molecule has 7 nitrogen and oxygen atoms in total. The van der Waals surface area contributed by atoms with Crippen molar-refractivity contribution in [2.75, 3.05) is 19.8 Å². The van der Waals surface area contributed by atoms with Crippen molar-refractivity contribution in [3.63, 3.8) is 0 Å². The minimum Gasteiger partial charge on any atom is -0.382 e. The topological polar surface area (TPSA) is 85.2 Å². The number of hydrogen-bond acceptors (Lipinski definition) is 4. The van der Waals surface area contributed by atoms with Crippen LogP contribution in [0.25, 0.3) is 11.0 Å². The number of aromatic nitrogens is 2. The summed E-state index contributed by atoms with van der Waals surface area (Å²) in [4.78, 5) is 29.9. The van der Waals surface area contributed by atoms with E-state index in [-0.39, 0.29) is 24.4 Å². The first-order valence-electron chi connectivity index (χ1n) is 10.7. The highest BCUT2D eigenvalue weighted by atomic mass is 16.5. The minimum absolute atomic E-state index is 0.0991. The second-order valence-corrected chi connectivity index (χ2v) is 7.51. The number of carbonyl (C=O) groups is 2. The van der Waals surface area contributed by atoms with Crippen LogP contribution in [0, 0.1) is 6.92 Å². The lowest BCUT2D eigenvalue weighted by Gasteiger charge is -2.16. The molecule has 3 rings (SSSR count). The number of benzene rings is 2. The standard InChI is InChI=1S/C24H30N4O3/c1-4-31-15-7-14-25-22(29)16-28-21-9-6-5-8-20(21)27-23(28)18(3)26-24(30)19-12-10-17(2)11-13-19/h5-6,8-13,18H,4,7,14-16H2,1-3H3,(H,25,29)(H,26,30). The Hall–Kier alpha value is -3.19. The van der Waals surface area contributed by atoms with Crippen LogP contribution in [-0.2, 0) is 16.1 Å². The largest absolute Gasteiger partial charge is 0.382 e. The van der Waals surface area contributed by atoms with Crippen molar-refractivity contribution in [1.82, 2.24) is 20.2 Å². The van der Waals surface area contributed by atoms with Crippen molar-refractivity contribution < 1.29 is 14.3 Å². The van der Waals surface area contributed by atoms with E-state index in [2.05, 4.69) is 10.6 Å². The second kappa shape index (κ2) is 10.7. The Bertz CT molecular complexity index is 1030. The van der Waals surface area contributed by atoms with Crippen molar-refractivity contribution in [1.29, 1.82) is 0 Å². The Kier molecular flexibility index (Phi) is 7.78. The average Bonchev–Trinajstić information content (AvgIpc) is 3.12. The highest BCUT2D eigenvalue weighted by molar-refractivity contribution is 5.94. The summed E-state index contributed by atoms with van der Waals surface area (Å²) >= 11 is 0. The molecule has 1 unspecified atom stereocenters. The number of amides is 2. The predicted molar refractivity (Wildman–Crippen MR) is 121 cm³/mol. The van der Waals surface area contributed by atoms with Gasteiger partial charge >= 0.3 is 0 Å². The molecule has 0 saturated heterocycles. The predicted octanol–water partition coefficient (Wildman–Crippen LogP) is 3.38. The first-order chi connectivity index (χ1) is 15.0. The first-order valence-corrected chi connectivity index (χ1v) is 10.7. The number of para-hydroxylation sites is 2. The zero-order valence-corrected chi connectivity index (χ0v) is 18.4. The van der Waals surface area contributed by atoms with E-state index < -0.39 is 0 Å². The maximum Gasteiger partial charge on any atom is 0.251 e. The van der Waals surface area contributed by atoms with Gasteiger partial charge in [0.15, 0.2) is 0 Å². The van der Waals surface area contributed by atoms with Gasteiger partial charge in [-0.2, -0.15) is 0 Å². The molecule has 0 spiro atoms. The fraction of sp³-hybridized carbons (Fsp3) is 0.375. The lowest BCUT2D eigenvalue weighted by molar-refractivity contribution is -0.121. The van der Waals surface area contributed by atoms with E-state index in [1.54, 1.807) is 12.1 Å². The summed E-state index contributed by atoms with van der Waals surface area (Å²) in [5.41, 5.74) is 3.34. The van der Waals surface area contributed by atoms with Crippen molar-refractivity contribution in [2.45, 2.75) is 39.8 Å². The summed E-state index contributed by atoms with van der Waals surface area (Å²) < 4.78 is 7.17. The molecule has 0 aliphatic carbocycles. The molecule has 2 amide bonds. The number of fused-ring (bicyclic) bond motifs is 1. The Balaban J connectivity index is 1.74. The quantitative estimate of drug-likeness (QED) is 0.491. The summed E-state index contributed by atoms with van der Waals surface area (Å²) in [6.07, 6.45) is 0.764. The third-order valence-corrected chi connectivity index (χ3v) is 5.03. The zero-order chi connectivity index (χ0) is 22.2. The monoisotopic (exact) mass is 422 g/mol. The Morgan fingerprint density at radius 3 is 2.61 bits per heavy atom. The number of nitrogens with one attached hydrogen (secondary N) is 2. The summed E-state index contributed by atoms with van der Waals surface area (Å²) in [5.74, 6) is 0.371. The third-order valence-electron chi connectivity index (χ3n) is 5.03. The maximum atomic E-state index is 12.7. The molecule has 2 aromatic carbocycles. The fourth-order valence-electron chi connectivity index (χ4n) is 3.39. The molecule has 0 saturated carbocycles. The van der Waals surface area contributed by atoms with Gasteiger partial charge in [0.05, 0.1) is 17.1 Å². The summed E-state index contributed by atoms with van der Waals surface area (Å²) in [7, 11) is 0. The normalized spacial score (nSPS) is 12.0. The van der Waals surface area contributed by atoms with E-state index in [0.717, 1.165) is 23.0 Å². The van der Waals surface area contributed by atoms with E-state index in [4.69, 9.17) is 9.72 Å². The van der Waals surface area contributed by atoms with Gasteiger partial charge in [0.1, 0.15) is 12.4 Å². The molecule has 0 aliphatic heterocycles. The van der Waals surface area contributed by atoms with Crippen LogP contribution in [0.1, 0.15) is 48.1 Å². The van der Waals surface area contributed by atoms with Crippen LogP contribution in [-0.4, -0.2) is 41.1 Å². The zero-order valence-electron chi connectivity index (χ0n) is 18.4. The number of aryl methyl sites for hydroxylation is 1. The number of imidazole rings is 1. The van der Waals surface area contributed by atoms with Crippen LogP contribution in [0.5, 0.6) is 0 Å². The highest BCUT2D eigenvalue weighted by Crippen LogP contribution is 2.21. The molecule has 0 fully saturated rings. The molecular weight excluding hydrogens is 392 g/mol. The Morgan fingerprint density at radius 2 is 1.87 bits per heavy atom. The number of hydrogen-bond donors (Lipinski definition) is 2. The van der Waals surface area contributed by atoms with Gasteiger partial charge in [-0.15, -0.1) is 0 Å². The van der Waals surface area contributed by atoms with Crippen molar-refractivity contribution in [3.05, 3.63) is 65.5 Å². The van der Waals surface area contributed by atoms with Crippen LogP contribution < -0.4 is 10.6 Å². The van der Waals surface area contributed by atoms with Crippen LogP contribution in [0.3, 0.4) is 0 Å². The molecule has 2 N–H and O–H groups in total. The van der Waals surface area contributed by atoms with Gasteiger partial charge in [-0.05, 0) is 51.5 Å². The lowest BCUT2D eigenvalue weighted by atomic mass is 10.1. The van der Waals surface area contributed by atoms with Crippen LogP contribution in [0.4, 0.5) is 0 Å². The second-order valence-electron chi connectivity index (χ2n) is 7.51. The van der Waals surface area contributed by atoms with Gasteiger partial charge in [0, 0.05) is 25.3 Å². The average molecular weight is 423 g/mol. The van der Waals surface area contributed by atoms with Gasteiger partial charge in [-0.3, -0.25) is 9.59 Å². The van der Waals surface area contributed by atoms with Crippen LogP contribution in [0.2, 0.25) is 0 Å². The summed E-state index contributed by atoms with van der Waals surface area (Å²) in [6, 6.07) is 14.7. The summed E-state index contributed by atoms with van der Waals surface area (Å²) in [6.45, 7) is 7.79. The fourth-order valence-corrected chi connectivity index (χ4v) is 3.39. The van der Waals surface area contributed by atoms with Crippen LogP contribution in [0.15, 0.2) is 48.5 Å². The molecule has 1 aromatic heterocycles. The summed E-state index contributed by atoms with van der Waals surface area (Å²) in [5, 5.41) is 5.93. The van der Waals surface area contributed by atoms with Crippen molar-refractivity contribution in [3.8, 4) is 0 Å². The van der Waals surface area contributed by atoms with E-state index in [9.17, 15) is 9.59 Å². The number of ether oxygens (including phenoxy) is 1. The molecule has 0 bridgehead atoms. The number of carbonyl (C=O) groups excluding carboxylic acids is 2. The van der Waals surface area contributed by atoms with Gasteiger partial charge < -0.3 is 19.9 Å². The first kappa shape index (κ1) is 22.5. The molecule has 0 aliphatic rings. The number of nitrogens with zero attached hydrogens (tertiary/aromatic N) is 2. The molecule has 0 radical (unpaired) electrons. The van der Waals surface area contributed by atoms with Gasteiger partial charge in [-0.1, -0.05) is 29.8 Å². The van der Waals surface area contributed by atoms with Crippen LogP contribution >= 0.6 is 0 Å². The van der Waals surface area contributed by atoms with Gasteiger partial charge in [0.2, 0.25) is 5.91 Å².